The van der Waals surface area contributed by atoms with Crippen molar-refractivity contribution in [1.29, 1.82) is 0 Å². The molecule has 1 aromatic heterocycles. The maximum Gasteiger partial charge on any atom is 0.273 e. The molecule has 0 aliphatic carbocycles. The van der Waals surface area contributed by atoms with E-state index in [2.05, 4.69) is 10.3 Å². The largest absolute Gasteiger partial charge is 0.336 e. The van der Waals surface area contributed by atoms with E-state index in [1.165, 1.54) is 29.9 Å². The molecule has 2 fully saturated rings. The van der Waals surface area contributed by atoms with Crippen LogP contribution in [0.2, 0.25) is 0 Å². The fraction of sp³-hybridized carbons (Fsp3) is 0.444. The highest BCUT2D eigenvalue weighted by atomic mass is 35.5. The van der Waals surface area contributed by atoms with Gasteiger partial charge in [0.25, 0.3) is 5.91 Å². The van der Waals surface area contributed by atoms with Crippen LogP contribution in [0.3, 0.4) is 0 Å². The molecule has 2 aliphatic rings. The predicted molar refractivity (Wildman–Crippen MR) is 106 cm³/mol. The van der Waals surface area contributed by atoms with Gasteiger partial charge in [-0.05, 0) is 37.0 Å². The molecule has 1 N–H and O–H groups in total. The Balaban J connectivity index is 0.00000121. The number of likely N-dealkylation sites (tertiary alicyclic amines) is 1. The molecule has 142 valence electrons. The van der Waals surface area contributed by atoms with Gasteiger partial charge in [0.2, 0.25) is 0 Å². The standard InChI is InChI=1S/C18H20FN3OS.2ClH/c19-13-3-1-12(2-4-13)9-17-21-16(11-24-17)18(23)22-8-7-14-5-6-15(10-22)20-14;;/h1-4,11,14-15,20H,5-10H2;2*1H. The van der Waals surface area contributed by atoms with Gasteiger partial charge < -0.3 is 10.2 Å². The molecule has 0 saturated carbocycles. The first-order chi connectivity index (χ1) is 11.7. The summed E-state index contributed by atoms with van der Waals surface area (Å²) < 4.78 is 13.0. The summed E-state index contributed by atoms with van der Waals surface area (Å²) in [6, 6.07) is 7.42. The van der Waals surface area contributed by atoms with E-state index in [4.69, 9.17) is 0 Å². The van der Waals surface area contributed by atoms with Crippen LogP contribution >= 0.6 is 36.2 Å². The van der Waals surface area contributed by atoms with Crippen LogP contribution in [0.25, 0.3) is 0 Å². The highest BCUT2D eigenvalue weighted by molar-refractivity contribution is 7.09. The molecule has 2 atom stereocenters. The Morgan fingerprint density at radius 2 is 1.92 bits per heavy atom. The van der Waals surface area contributed by atoms with E-state index in [1.807, 2.05) is 10.3 Å². The highest BCUT2D eigenvalue weighted by Gasteiger charge is 2.32. The second kappa shape index (κ2) is 9.13. The van der Waals surface area contributed by atoms with Crippen molar-refractivity contribution < 1.29 is 9.18 Å². The van der Waals surface area contributed by atoms with Gasteiger partial charge in [0.05, 0.1) is 5.01 Å². The molecule has 4 rings (SSSR count). The summed E-state index contributed by atoms with van der Waals surface area (Å²) in [4.78, 5) is 19.2. The van der Waals surface area contributed by atoms with Crippen molar-refractivity contribution in [3.63, 3.8) is 0 Å². The minimum Gasteiger partial charge on any atom is -0.336 e. The smallest absolute Gasteiger partial charge is 0.273 e. The Bertz CT molecular complexity index is 740. The zero-order valence-electron chi connectivity index (χ0n) is 14.2. The minimum absolute atomic E-state index is 0. The first kappa shape index (κ1) is 21.1. The van der Waals surface area contributed by atoms with E-state index in [1.54, 1.807) is 12.1 Å². The van der Waals surface area contributed by atoms with Crippen LogP contribution in [0.4, 0.5) is 4.39 Å². The number of halogens is 3. The summed E-state index contributed by atoms with van der Waals surface area (Å²) in [6.45, 7) is 1.58. The fourth-order valence-corrected chi connectivity index (χ4v) is 4.36. The minimum atomic E-state index is -0.238. The summed E-state index contributed by atoms with van der Waals surface area (Å²) >= 11 is 1.49. The van der Waals surface area contributed by atoms with Gasteiger partial charge in [-0.2, -0.15) is 0 Å². The summed E-state index contributed by atoms with van der Waals surface area (Å²) in [6.07, 6.45) is 4.03. The monoisotopic (exact) mass is 417 g/mol. The number of fused-ring (bicyclic) bond motifs is 2. The summed E-state index contributed by atoms with van der Waals surface area (Å²) in [5.74, 6) is -0.205. The number of amides is 1. The van der Waals surface area contributed by atoms with E-state index in [0.717, 1.165) is 36.5 Å². The van der Waals surface area contributed by atoms with Crippen molar-refractivity contribution >= 4 is 42.1 Å². The topological polar surface area (TPSA) is 45.2 Å². The molecule has 3 heterocycles. The lowest BCUT2D eigenvalue weighted by molar-refractivity contribution is 0.0743. The third kappa shape index (κ3) is 4.74. The SMILES string of the molecule is Cl.Cl.O=C(c1csc(Cc2ccc(F)cc2)n1)N1CCC2CCC(C1)N2. The first-order valence-corrected chi connectivity index (χ1v) is 9.29. The lowest BCUT2D eigenvalue weighted by Crippen LogP contribution is -2.39. The molecule has 1 amide bonds. The van der Waals surface area contributed by atoms with Gasteiger partial charge in [0.1, 0.15) is 11.5 Å². The van der Waals surface area contributed by atoms with Crippen LogP contribution in [0, 0.1) is 5.82 Å². The fourth-order valence-electron chi connectivity index (χ4n) is 3.56. The maximum absolute atomic E-state index is 13.0. The molecular weight excluding hydrogens is 396 g/mol. The van der Waals surface area contributed by atoms with Crippen molar-refractivity contribution in [3.05, 3.63) is 51.7 Å². The van der Waals surface area contributed by atoms with E-state index >= 15 is 0 Å². The first-order valence-electron chi connectivity index (χ1n) is 8.41. The van der Waals surface area contributed by atoms with Gasteiger partial charge in [0, 0.05) is 37.0 Å². The van der Waals surface area contributed by atoms with E-state index in [0.29, 0.717) is 24.2 Å². The van der Waals surface area contributed by atoms with Crippen LogP contribution < -0.4 is 5.32 Å². The third-order valence-corrected chi connectivity index (χ3v) is 5.70. The van der Waals surface area contributed by atoms with Crippen molar-refractivity contribution in [2.24, 2.45) is 0 Å². The quantitative estimate of drug-likeness (QED) is 0.827. The molecule has 2 saturated heterocycles. The van der Waals surface area contributed by atoms with E-state index in [9.17, 15) is 9.18 Å². The summed E-state index contributed by atoms with van der Waals surface area (Å²) in [5, 5.41) is 6.32. The number of hydrogen-bond acceptors (Lipinski definition) is 4. The molecule has 2 aliphatic heterocycles. The normalized spacial score (nSPS) is 21.5. The lowest BCUT2D eigenvalue weighted by Gasteiger charge is -2.23. The molecule has 26 heavy (non-hydrogen) atoms. The number of carbonyl (C=O) groups is 1. The van der Waals surface area contributed by atoms with Crippen molar-refractivity contribution in [2.45, 2.75) is 37.8 Å². The second-order valence-corrected chi connectivity index (χ2v) is 7.55. The van der Waals surface area contributed by atoms with Crippen LogP contribution in [0.5, 0.6) is 0 Å². The number of carbonyl (C=O) groups excluding carboxylic acids is 1. The van der Waals surface area contributed by atoms with Crippen molar-refractivity contribution in [1.82, 2.24) is 15.2 Å². The number of nitrogens with zero attached hydrogens (tertiary/aromatic N) is 2. The number of hydrogen-bond donors (Lipinski definition) is 1. The van der Waals surface area contributed by atoms with Crippen LogP contribution in [0.1, 0.15) is 40.3 Å². The summed E-state index contributed by atoms with van der Waals surface area (Å²) in [7, 11) is 0. The molecule has 2 bridgehead atoms. The van der Waals surface area contributed by atoms with Gasteiger partial charge in [0.15, 0.2) is 0 Å². The Morgan fingerprint density at radius 3 is 2.69 bits per heavy atom. The molecule has 1 aromatic carbocycles. The zero-order chi connectivity index (χ0) is 16.5. The Kier molecular flexibility index (Phi) is 7.41. The third-order valence-electron chi connectivity index (χ3n) is 4.85. The van der Waals surface area contributed by atoms with Crippen molar-refractivity contribution in [2.75, 3.05) is 13.1 Å². The van der Waals surface area contributed by atoms with Gasteiger partial charge in [-0.15, -0.1) is 36.2 Å². The lowest BCUT2D eigenvalue weighted by atomic mass is 10.1. The maximum atomic E-state index is 13.0. The molecule has 4 nitrogen and oxygen atoms in total. The van der Waals surface area contributed by atoms with E-state index < -0.39 is 0 Å². The van der Waals surface area contributed by atoms with Gasteiger partial charge in [-0.3, -0.25) is 4.79 Å². The van der Waals surface area contributed by atoms with Gasteiger partial charge in [-0.25, -0.2) is 9.37 Å². The highest BCUT2D eigenvalue weighted by Crippen LogP contribution is 2.22. The number of benzene rings is 1. The number of rotatable bonds is 3. The molecular formula is C18H22Cl2FN3OS. The Morgan fingerprint density at radius 1 is 1.19 bits per heavy atom. The number of thiazole rings is 1. The average Bonchev–Trinajstić information content (AvgIpc) is 3.15. The Hall–Kier alpha value is -1.21. The van der Waals surface area contributed by atoms with E-state index in [-0.39, 0.29) is 36.5 Å². The van der Waals surface area contributed by atoms with Gasteiger partial charge in [-0.1, -0.05) is 12.1 Å². The van der Waals surface area contributed by atoms with Crippen LogP contribution in [-0.4, -0.2) is 41.0 Å². The predicted octanol–water partition coefficient (Wildman–Crippen LogP) is 3.68. The molecule has 8 heteroatoms. The van der Waals surface area contributed by atoms with Crippen LogP contribution in [0.15, 0.2) is 29.6 Å². The van der Waals surface area contributed by atoms with Crippen LogP contribution in [-0.2, 0) is 6.42 Å². The molecule has 2 aromatic rings. The molecule has 0 radical (unpaired) electrons. The van der Waals surface area contributed by atoms with Crippen molar-refractivity contribution in [3.8, 4) is 0 Å². The Labute approximate surface area is 169 Å². The average molecular weight is 418 g/mol. The van der Waals surface area contributed by atoms with Gasteiger partial charge >= 0.3 is 0 Å². The zero-order valence-corrected chi connectivity index (χ0v) is 16.6. The molecule has 2 unspecified atom stereocenters. The second-order valence-electron chi connectivity index (χ2n) is 6.61. The number of nitrogens with one attached hydrogen (secondary N) is 1. The molecule has 0 spiro atoms. The number of aromatic nitrogens is 1. The summed E-state index contributed by atoms with van der Waals surface area (Å²) in [5.41, 5.74) is 1.54.